The molecular formula is C16H18N4. The minimum Gasteiger partial charge on any atom is -0.370 e. The molecule has 0 spiro atoms. The Morgan fingerprint density at radius 1 is 1.15 bits per heavy atom. The average Bonchev–Trinajstić information content (AvgIpc) is 2.89. The number of para-hydroxylation sites is 1. The van der Waals surface area contributed by atoms with Crippen LogP contribution < -0.4 is 5.32 Å². The van der Waals surface area contributed by atoms with E-state index < -0.39 is 0 Å². The molecule has 2 aromatic heterocycles. The third-order valence-electron chi connectivity index (χ3n) is 3.46. The fourth-order valence-corrected chi connectivity index (χ4v) is 2.29. The number of aromatic nitrogens is 3. The van der Waals surface area contributed by atoms with Gasteiger partial charge in [0.05, 0.1) is 11.7 Å². The third kappa shape index (κ3) is 2.79. The Morgan fingerprint density at radius 3 is 2.90 bits per heavy atom. The van der Waals surface area contributed by atoms with Crippen molar-refractivity contribution >= 4 is 16.7 Å². The van der Waals surface area contributed by atoms with Crippen LogP contribution >= 0.6 is 0 Å². The number of benzene rings is 1. The predicted molar refractivity (Wildman–Crippen MR) is 81.9 cm³/mol. The van der Waals surface area contributed by atoms with Crippen LogP contribution in [0.15, 0.2) is 42.6 Å². The molecule has 3 aromatic rings. The van der Waals surface area contributed by atoms with Crippen LogP contribution in [0.3, 0.4) is 0 Å². The quantitative estimate of drug-likeness (QED) is 0.697. The lowest BCUT2D eigenvalue weighted by Gasteiger charge is -2.06. The van der Waals surface area contributed by atoms with Crippen molar-refractivity contribution in [2.45, 2.75) is 19.8 Å². The van der Waals surface area contributed by atoms with Crippen LogP contribution in [-0.4, -0.2) is 21.7 Å². The average molecular weight is 266 g/mol. The molecule has 3 rings (SSSR count). The highest BCUT2D eigenvalue weighted by molar-refractivity contribution is 5.79. The van der Waals surface area contributed by atoms with Gasteiger partial charge in [-0.25, -0.2) is 4.98 Å². The Morgan fingerprint density at radius 2 is 2.05 bits per heavy atom. The molecule has 0 aliphatic heterocycles. The molecule has 1 aromatic carbocycles. The first-order chi connectivity index (χ1) is 9.83. The maximum atomic E-state index is 4.60. The number of nitrogens with zero attached hydrogens (tertiary/aromatic N) is 2. The van der Waals surface area contributed by atoms with Gasteiger partial charge in [0.25, 0.3) is 0 Å². The number of pyridine rings is 1. The molecule has 20 heavy (non-hydrogen) atoms. The van der Waals surface area contributed by atoms with Crippen molar-refractivity contribution in [3.8, 4) is 0 Å². The molecule has 0 aliphatic carbocycles. The third-order valence-corrected chi connectivity index (χ3v) is 3.46. The molecule has 0 saturated carbocycles. The number of aryl methyl sites for hydroxylation is 2. The maximum absolute atomic E-state index is 4.60. The topological polar surface area (TPSA) is 53.6 Å². The van der Waals surface area contributed by atoms with Crippen molar-refractivity contribution in [3.63, 3.8) is 0 Å². The highest BCUT2D eigenvalue weighted by Crippen LogP contribution is 2.14. The summed E-state index contributed by atoms with van der Waals surface area (Å²) < 4.78 is 0. The molecule has 102 valence electrons. The number of fused-ring (bicyclic) bond motifs is 1. The van der Waals surface area contributed by atoms with Crippen LogP contribution in [-0.2, 0) is 6.42 Å². The van der Waals surface area contributed by atoms with Crippen LogP contribution in [0.5, 0.6) is 0 Å². The van der Waals surface area contributed by atoms with Gasteiger partial charge in [0.1, 0.15) is 5.82 Å². The van der Waals surface area contributed by atoms with Gasteiger partial charge in [-0.1, -0.05) is 18.2 Å². The molecule has 0 aliphatic rings. The molecule has 0 fully saturated rings. The van der Waals surface area contributed by atoms with E-state index in [1.165, 1.54) is 10.9 Å². The minimum absolute atomic E-state index is 0.913. The van der Waals surface area contributed by atoms with Crippen LogP contribution in [0.1, 0.15) is 17.7 Å². The van der Waals surface area contributed by atoms with Crippen molar-refractivity contribution in [3.05, 3.63) is 53.9 Å². The van der Waals surface area contributed by atoms with Gasteiger partial charge in [-0.05, 0) is 43.5 Å². The van der Waals surface area contributed by atoms with Crippen molar-refractivity contribution in [2.75, 3.05) is 11.9 Å². The van der Waals surface area contributed by atoms with E-state index in [0.717, 1.165) is 36.4 Å². The van der Waals surface area contributed by atoms with E-state index in [-0.39, 0.29) is 0 Å². The maximum Gasteiger partial charge on any atom is 0.126 e. The summed E-state index contributed by atoms with van der Waals surface area (Å²) in [4.78, 5) is 4.60. The van der Waals surface area contributed by atoms with Crippen molar-refractivity contribution in [1.29, 1.82) is 0 Å². The summed E-state index contributed by atoms with van der Waals surface area (Å²) in [6, 6.07) is 12.3. The Labute approximate surface area is 118 Å². The molecule has 0 amide bonds. The van der Waals surface area contributed by atoms with Crippen LogP contribution in [0.4, 0.5) is 5.82 Å². The summed E-state index contributed by atoms with van der Waals surface area (Å²) in [6.07, 6.45) is 4.00. The zero-order valence-corrected chi connectivity index (χ0v) is 11.6. The summed E-state index contributed by atoms with van der Waals surface area (Å²) in [5.74, 6) is 0.938. The first-order valence-corrected chi connectivity index (χ1v) is 6.91. The molecule has 0 radical (unpaired) electrons. The number of H-pyrrole nitrogens is 1. The number of anilines is 1. The summed E-state index contributed by atoms with van der Waals surface area (Å²) >= 11 is 0. The molecule has 0 unspecified atom stereocenters. The predicted octanol–water partition coefficient (Wildman–Crippen LogP) is 3.31. The number of nitrogens with one attached hydrogen (secondary N) is 2. The molecule has 0 saturated heterocycles. The van der Waals surface area contributed by atoms with E-state index >= 15 is 0 Å². The van der Waals surface area contributed by atoms with Gasteiger partial charge in [0, 0.05) is 17.6 Å². The smallest absolute Gasteiger partial charge is 0.126 e. The van der Waals surface area contributed by atoms with Gasteiger partial charge in [0.2, 0.25) is 0 Å². The molecule has 4 heteroatoms. The number of aromatic amines is 1. The normalized spacial score (nSPS) is 10.8. The summed E-state index contributed by atoms with van der Waals surface area (Å²) in [6.45, 7) is 2.97. The summed E-state index contributed by atoms with van der Waals surface area (Å²) in [7, 11) is 0. The largest absolute Gasteiger partial charge is 0.370 e. The first-order valence-electron chi connectivity index (χ1n) is 6.91. The zero-order chi connectivity index (χ0) is 13.8. The monoisotopic (exact) mass is 266 g/mol. The summed E-state index contributed by atoms with van der Waals surface area (Å²) in [5.41, 5.74) is 3.48. The summed E-state index contributed by atoms with van der Waals surface area (Å²) in [5, 5.41) is 11.5. The standard InChI is InChI=1S/C16H18N4/c1-12-14(11-18-20-12)6-4-10-17-16-9-8-13-5-2-3-7-15(13)19-16/h2-3,5,7-9,11H,4,6,10H2,1H3,(H,17,19)(H,18,20). The second-order valence-corrected chi connectivity index (χ2v) is 4.94. The Balaban J connectivity index is 1.56. The molecular weight excluding hydrogens is 248 g/mol. The molecule has 0 bridgehead atoms. The Bertz CT molecular complexity index is 702. The van der Waals surface area contributed by atoms with Crippen molar-refractivity contribution < 1.29 is 0 Å². The Kier molecular flexibility index (Phi) is 3.63. The lowest BCUT2D eigenvalue weighted by atomic mass is 10.1. The fourth-order valence-electron chi connectivity index (χ4n) is 2.29. The highest BCUT2D eigenvalue weighted by Gasteiger charge is 2.00. The van der Waals surface area contributed by atoms with Crippen molar-refractivity contribution in [2.24, 2.45) is 0 Å². The van der Waals surface area contributed by atoms with E-state index in [9.17, 15) is 0 Å². The molecule has 0 atom stereocenters. The fraction of sp³-hybridized carbons (Fsp3) is 0.250. The number of hydrogen-bond donors (Lipinski definition) is 2. The van der Waals surface area contributed by atoms with E-state index in [1.807, 2.05) is 30.5 Å². The van der Waals surface area contributed by atoms with E-state index in [0.29, 0.717) is 0 Å². The Hall–Kier alpha value is -2.36. The van der Waals surface area contributed by atoms with Crippen molar-refractivity contribution in [1.82, 2.24) is 15.2 Å². The van der Waals surface area contributed by atoms with Crippen LogP contribution in [0.2, 0.25) is 0 Å². The lowest BCUT2D eigenvalue weighted by Crippen LogP contribution is -2.04. The van der Waals surface area contributed by atoms with E-state index in [4.69, 9.17) is 0 Å². The number of rotatable bonds is 5. The van der Waals surface area contributed by atoms with Gasteiger partial charge >= 0.3 is 0 Å². The minimum atomic E-state index is 0.913. The van der Waals surface area contributed by atoms with Gasteiger partial charge in [0.15, 0.2) is 0 Å². The second kappa shape index (κ2) is 5.74. The second-order valence-electron chi connectivity index (χ2n) is 4.94. The molecule has 4 nitrogen and oxygen atoms in total. The first kappa shape index (κ1) is 12.7. The van der Waals surface area contributed by atoms with E-state index in [1.54, 1.807) is 0 Å². The van der Waals surface area contributed by atoms with Gasteiger partial charge < -0.3 is 5.32 Å². The zero-order valence-electron chi connectivity index (χ0n) is 11.6. The van der Waals surface area contributed by atoms with Crippen LogP contribution in [0.25, 0.3) is 10.9 Å². The highest BCUT2D eigenvalue weighted by atomic mass is 15.1. The van der Waals surface area contributed by atoms with Crippen LogP contribution in [0, 0.1) is 6.92 Å². The molecule has 2 heterocycles. The van der Waals surface area contributed by atoms with E-state index in [2.05, 4.69) is 39.6 Å². The van der Waals surface area contributed by atoms with Gasteiger partial charge in [-0.2, -0.15) is 5.10 Å². The lowest BCUT2D eigenvalue weighted by molar-refractivity contribution is 0.854. The number of hydrogen-bond acceptors (Lipinski definition) is 3. The van der Waals surface area contributed by atoms with Gasteiger partial charge in [-0.3, -0.25) is 5.10 Å². The van der Waals surface area contributed by atoms with Gasteiger partial charge in [-0.15, -0.1) is 0 Å². The molecule has 2 N–H and O–H groups in total. The SMILES string of the molecule is Cc1[nH]ncc1CCCNc1ccc2ccccc2n1.